The largest absolute Gasteiger partial charge is 0.454 e. The highest BCUT2D eigenvalue weighted by atomic mass is 16.7. The summed E-state index contributed by atoms with van der Waals surface area (Å²) in [6.07, 6.45) is 0. The average molecular weight is 321 g/mol. The summed E-state index contributed by atoms with van der Waals surface area (Å²) >= 11 is 0. The highest BCUT2D eigenvalue weighted by Gasteiger charge is 2.19. The van der Waals surface area contributed by atoms with E-state index >= 15 is 0 Å². The molecule has 0 aromatic heterocycles. The Balaban J connectivity index is 1.35. The molecule has 0 radical (unpaired) electrons. The van der Waals surface area contributed by atoms with Gasteiger partial charge in [0, 0.05) is 38.4 Å². The predicted octanol–water partition coefficient (Wildman–Crippen LogP) is 2.61. The Kier molecular flexibility index (Phi) is 3.97. The number of nitrogens with zero attached hydrogens (tertiary/aromatic N) is 3. The second kappa shape index (κ2) is 6.42. The van der Waals surface area contributed by atoms with Crippen molar-refractivity contribution in [3.8, 4) is 17.6 Å². The van der Waals surface area contributed by atoms with E-state index in [0.717, 1.165) is 44.2 Å². The highest BCUT2D eigenvalue weighted by Crippen LogP contribution is 2.32. The van der Waals surface area contributed by atoms with Crippen molar-refractivity contribution in [1.29, 1.82) is 5.26 Å². The maximum Gasteiger partial charge on any atom is 0.231 e. The third-order valence-corrected chi connectivity index (χ3v) is 4.58. The highest BCUT2D eigenvalue weighted by molar-refractivity contribution is 5.50. The van der Waals surface area contributed by atoms with Gasteiger partial charge >= 0.3 is 0 Å². The molecule has 0 bridgehead atoms. The van der Waals surface area contributed by atoms with Crippen LogP contribution in [0, 0.1) is 11.3 Å². The summed E-state index contributed by atoms with van der Waals surface area (Å²) in [5.41, 5.74) is 3.16. The molecule has 5 heteroatoms. The number of anilines is 1. The summed E-state index contributed by atoms with van der Waals surface area (Å²) in [5.74, 6) is 1.69. The first kappa shape index (κ1) is 14.9. The Morgan fingerprint density at radius 3 is 2.42 bits per heavy atom. The van der Waals surface area contributed by atoms with Gasteiger partial charge in [-0.15, -0.1) is 0 Å². The standard InChI is InChI=1S/C19H19N3O2/c20-12-15-1-4-17(5-2-15)22-9-7-21(8-10-22)13-16-3-6-18-19(11-16)24-14-23-18/h1-6,11H,7-10,13-14H2. The minimum atomic E-state index is 0.321. The van der Waals surface area contributed by atoms with Crippen molar-refractivity contribution in [2.45, 2.75) is 6.54 Å². The van der Waals surface area contributed by atoms with Gasteiger partial charge in [0.15, 0.2) is 11.5 Å². The minimum Gasteiger partial charge on any atom is -0.454 e. The normalized spacial score (nSPS) is 16.9. The maximum absolute atomic E-state index is 8.89. The van der Waals surface area contributed by atoms with E-state index in [1.165, 1.54) is 11.3 Å². The van der Waals surface area contributed by atoms with Crippen molar-refractivity contribution >= 4 is 5.69 Å². The van der Waals surface area contributed by atoms with Gasteiger partial charge in [-0.05, 0) is 42.0 Å². The molecular formula is C19H19N3O2. The van der Waals surface area contributed by atoms with E-state index < -0.39 is 0 Å². The molecule has 0 aliphatic carbocycles. The second-order valence-electron chi connectivity index (χ2n) is 6.11. The summed E-state index contributed by atoms with van der Waals surface area (Å²) in [4.78, 5) is 4.83. The zero-order valence-corrected chi connectivity index (χ0v) is 13.4. The smallest absolute Gasteiger partial charge is 0.231 e. The zero-order valence-electron chi connectivity index (χ0n) is 13.4. The lowest BCUT2D eigenvalue weighted by atomic mass is 10.1. The topological polar surface area (TPSA) is 48.7 Å². The molecule has 1 saturated heterocycles. The quantitative estimate of drug-likeness (QED) is 0.870. The molecule has 24 heavy (non-hydrogen) atoms. The molecular weight excluding hydrogens is 302 g/mol. The van der Waals surface area contributed by atoms with Crippen LogP contribution < -0.4 is 14.4 Å². The van der Waals surface area contributed by atoms with E-state index in [1.54, 1.807) is 0 Å². The molecule has 5 nitrogen and oxygen atoms in total. The fourth-order valence-electron chi connectivity index (χ4n) is 3.21. The number of piperazine rings is 1. The van der Waals surface area contributed by atoms with E-state index in [2.05, 4.69) is 28.0 Å². The monoisotopic (exact) mass is 321 g/mol. The van der Waals surface area contributed by atoms with Crippen LogP contribution in [0.15, 0.2) is 42.5 Å². The second-order valence-corrected chi connectivity index (χ2v) is 6.11. The maximum atomic E-state index is 8.89. The van der Waals surface area contributed by atoms with E-state index in [0.29, 0.717) is 12.4 Å². The minimum absolute atomic E-state index is 0.321. The number of benzene rings is 2. The van der Waals surface area contributed by atoms with Gasteiger partial charge in [-0.3, -0.25) is 4.90 Å². The number of hydrogen-bond donors (Lipinski definition) is 0. The SMILES string of the molecule is N#Cc1ccc(N2CCN(Cc3ccc4c(c3)OCO4)CC2)cc1. The van der Waals surface area contributed by atoms with Gasteiger partial charge in [-0.2, -0.15) is 5.26 Å². The molecule has 2 aromatic carbocycles. The van der Waals surface area contributed by atoms with Crippen molar-refractivity contribution < 1.29 is 9.47 Å². The first-order chi connectivity index (χ1) is 11.8. The number of ether oxygens (including phenoxy) is 2. The fourth-order valence-corrected chi connectivity index (χ4v) is 3.21. The van der Waals surface area contributed by atoms with E-state index in [9.17, 15) is 0 Å². The van der Waals surface area contributed by atoms with Crippen LogP contribution >= 0.6 is 0 Å². The van der Waals surface area contributed by atoms with Crippen LogP contribution in [0.5, 0.6) is 11.5 Å². The average Bonchev–Trinajstić information content (AvgIpc) is 3.10. The van der Waals surface area contributed by atoms with Gasteiger partial charge in [0.2, 0.25) is 6.79 Å². The van der Waals surface area contributed by atoms with Crippen molar-refractivity contribution in [2.24, 2.45) is 0 Å². The molecule has 4 rings (SSSR count). The molecule has 0 saturated carbocycles. The van der Waals surface area contributed by atoms with E-state index in [1.807, 2.05) is 30.3 Å². The van der Waals surface area contributed by atoms with Gasteiger partial charge in [-0.25, -0.2) is 0 Å². The van der Waals surface area contributed by atoms with Crippen LogP contribution in [-0.2, 0) is 6.54 Å². The third-order valence-electron chi connectivity index (χ3n) is 4.58. The first-order valence-corrected chi connectivity index (χ1v) is 8.18. The first-order valence-electron chi connectivity index (χ1n) is 8.18. The summed E-state index contributed by atoms with van der Waals surface area (Å²) in [5, 5.41) is 8.89. The summed E-state index contributed by atoms with van der Waals surface area (Å²) in [7, 11) is 0. The number of nitriles is 1. The van der Waals surface area contributed by atoms with Crippen molar-refractivity contribution in [2.75, 3.05) is 37.9 Å². The van der Waals surface area contributed by atoms with Crippen LogP contribution in [0.3, 0.4) is 0 Å². The molecule has 0 atom stereocenters. The van der Waals surface area contributed by atoms with Crippen LogP contribution in [0.4, 0.5) is 5.69 Å². The molecule has 1 fully saturated rings. The van der Waals surface area contributed by atoms with Gasteiger partial charge in [-0.1, -0.05) is 6.07 Å². The van der Waals surface area contributed by atoms with Gasteiger partial charge < -0.3 is 14.4 Å². The van der Waals surface area contributed by atoms with Gasteiger partial charge in [0.05, 0.1) is 11.6 Å². The van der Waals surface area contributed by atoms with Crippen LogP contribution in [-0.4, -0.2) is 37.9 Å². The molecule has 2 aromatic rings. The fraction of sp³-hybridized carbons (Fsp3) is 0.316. The van der Waals surface area contributed by atoms with Crippen molar-refractivity contribution in [3.63, 3.8) is 0 Å². The van der Waals surface area contributed by atoms with E-state index in [-0.39, 0.29) is 0 Å². The molecule has 0 N–H and O–H groups in total. The molecule has 122 valence electrons. The van der Waals surface area contributed by atoms with Gasteiger partial charge in [0.1, 0.15) is 0 Å². The molecule has 0 amide bonds. The Hall–Kier alpha value is -2.71. The molecule has 2 aliphatic heterocycles. The Morgan fingerprint density at radius 1 is 0.917 bits per heavy atom. The van der Waals surface area contributed by atoms with Crippen LogP contribution in [0.1, 0.15) is 11.1 Å². The van der Waals surface area contributed by atoms with Crippen LogP contribution in [0.25, 0.3) is 0 Å². The predicted molar refractivity (Wildman–Crippen MR) is 91.2 cm³/mol. The lowest BCUT2D eigenvalue weighted by Crippen LogP contribution is -2.45. The number of fused-ring (bicyclic) bond motifs is 1. The van der Waals surface area contributed by atoms with E-state index in [4.69, 9.17) is 14.7 Å². The van der Waals surface area contributed by atoms with Crippen molar-refractivity contribution in [3.05, 3.63) is 53.6 Å². The summed E-state index contributed by atoms with van der Waals surface area (Å²) in [6, 6.07) is 16.2. The Bertz CT molecular complexity index is 759. The lowest BCUT2D eigenvalue weighted by Gasteiger charge is -2.36. The molecule has 0 spiro atoms. The Labute approximate surface area is 141 Å². The molecule has 2 aliphatic rings. The number of hydrogen-bond acceptors (Lipinski definition) is 5. The Morgan fingerprint density at radius 2 is 1.67 bits per heavy atom. The van der Waals surface area contributed by atoms with Crippen LogP contribution in [0.2, 0.25) is 0 Å². The van der Waals surface area contributed by atoms with Crippen molar-refractivity contribution in [1.82, 2.24) is 4.90 Å². The van der Waals surface area contributed by atoms with Gasteiger partial charge in [0.25, 0.3) is 0 Å². The summed E-state index contributed by atoms with van der Waals surface area (Å²) < 4.78 is 10.8. The molecule has 2 heterocycles. The third kappa shape index (κ3) is 3.01. The zero-order chi connectivity index (χ0) is 16.4. The summed E-state index contributed by atoms with van der Waals surface area (Å²) in [6.45, 7) is 5.29. The molecule has 0 unspecified atom stereocenters. The number of rotatable bonds is 3. The lowest BCUT2D eigenvalue weighted by molar-refractivity contribution is 0.174.